The highest BCUT2D eigenvalue weighted by Gasteiger charge is 2.09. The van der Waals surface area contributed by atoms with Crippen molar-refractivity contribution in [2.45, 2.75) is 6.54 Å². The van der Waals surface area contributed by atoms with E-state index < -0.39 is 5.82 Å². The van der Waals surface area contributed by atoms with Crippen molar-refractivity contribution in [3.63, 3.8) is 0 Å². The number of nitrogens with zero attached hydrogens (tertiary/aromatic N) is 2. The number of nitriles is 1. The van der Waals surface area contributed by atoms with E-state index in [1.807, 2.05) is 0 Å². The maximum atomic E-state index is 13.6. The molecular formula is C15H12F2N2. The monoisotopic (exact) mass is 258 g/mol. The molecule has 19 heavy (non-hydrogen) atoms. The molecule has 0 atom stereocenters. The molecule has 0 spiro atoms. The lowest BCUT2D eigenvalue weighted by atomic mass is 10.1. The van der Waals surface area contributed by atoms with Crippen molar-refractivity contribution in [2.24, 2.45) is 0 Å². The molecule has 0 aromatic heterocycles. The number of halogens is 2. The summed E-state index contributed by atoms with van der Waals surface area (Å²) in [5.74, 6) is -0.854. The van der Waals surface area contributed by atoms with Crippen LogP contribution in [0.5, 0.6) is 0 Å². The zero-order chi connectivity index (χ0) is 13.8. The van der Waals surface area contributed by atoms with Gasteiger partial charge in [-0.15, -0.1) is 0 Å². The number of anilines is 1. The van der Waals surface area contributed by atoms with Crippen molar-refractivity contribution >= 4 is 5.69 Å². The van der Waals surface area contributed by atoms with E-state index in [0.29, 0.717) is 12.2 Å². The molecule has 0 aliphatic carbocycles. The third kappa shape index (κ3) is 2.89. The lowest BCUT2D eigenvalue weighted by Crippen LogP contribution is -2.17. The molecule has 0 unspecified atom stereocenters. The van der Waals surface area contributed by atoms with Gasteiger partial charge in [0, 0.05) is 13.6 Å². The molecule has 0 fully saturated rings. The second-order valence-corrected chi connectivity index (χ2v) is 4.23. The van der Waals surface area contributed by atoms with Crippen LogP contribution in [0.1, 0.15) is 11.1 Å². The third-order valence-electron chi connectivity index (χ3n) is 2.83. The van der Waals surface area contributed by atoms with Gasteiger partial charge in [-0.2, -0.15) is 5.26 Å². The highest BCUT2D eigenvalue weighted by molar-refractivity contribution is 5.47. The van der Waals surface area contributed by atoms with Crippen LogP contribution in [0.3, 0.4) is 0 Å². The first-order chi connectivity index (χ1) is 9.11. The predicted molar refractivity (Wildman–Crippen MR) is 69.6 cm³/mol. The van der Waals surface area contributed by atoms with Crippen LogP contribution in [0.4, 0.5) is 14.5 Å². The van der Waals surface area contributed by atoms with Crippen molar-refractivity contribution in [2.75, 3.05) is 11.9 Å². The Bertz CT molecular complexity index is 632. The Hall–Kier alpha value is -2.41. The van der Waals surface area contributed by atoms with Crippen LogP contribution >= 0.6 is 0 Å². The maximum absolute atomic E-state index is 13.6. The minimum Gasteiger partial charge on any atom is -0.368 e. The van der Waals surface area contributed by atoms with Crippen LogP contribution in [0, 0.1) is 23.0 Å². The van der Waals surface area contributed by atoms with E-state index in [0.717, 1.165) is 5.56 Å². The Morgan fingerprint density at radius 2 is 1.84 bits per heavy atom. The zero-order valence-electron chi connectivity index (χ0n) is 10.4. The molecule has 2 nitrogen and oxygen atoms in total. The SMILES string of the molecule is CN(Cc1ccc(F)c(C#N)c1)c1ccccc1F. The molecule has 2 aromatic rings. The number of hydrogen-bond acceptors (Lipinski definition) is 2. The fourth-order valence-electron chi connectivity index (χ4n) is 1.88. The lowest BCUT2D eigenvalue weighted by Gasteiger charge is -2.20. The second kappa shape index (κ2) is 5.49. The van der Waals surface area contributed by atoms with Crippen LogP contribution < -0.4 is 4.90 Å². The Kier molecular flexibility index (Phi) is 3.76. The van der Waals surface area contributed by atoms with Gasteiger partial charge >= 0.3 is 0 Å². The average Bonchev–Trinajstić information content (AvgIpc) is 2.41. The summed E-state index contributed by atoms with van der Waals surface area (Å²) < 4.78 is 26.8. The molecule has 0 bridgehead atoms. The molecule has 0 saturated heterocycles. The molecule has 0 N–H and O–H groups in total. The van der Waals surface area contributed by atoms with Crippen molar-refractivity contribution in [1.29, 1.82) is 5.26 Å². The Morgan fingerprint density at radius 1 is 1.11 bits per heavy atom. The molecule has 0 amide bonds. The summed E-state index contributed by atoms with van der Waals surface area (Å²) in [6.45, 7) is 0.399. The number of para-hydroxylation sites is 1. The minimum absolute atomic E-state index is 0.000524. The molecule has 2 rings (SSSR count). The van der Waals surface area contributed by atoms with Crippen LogP contribution in [-0.4, -0.2) is 7.05 Å². The van der Waals surface area contributed by atoms with Crippen molar-refractivity contribution in [3.8, 4) is 6.07 Å². The van der Waals surface area contributed by atoms with E-state index >= 15 is 0 Å². The summed E-state index contributed by atoms with van der Waals surface area (Å²) in [7, 11) is 1.74. The quantitative estimate of drug-likeness (QED) is 0.842. The van der Waals surface area contributed by atoms with Crippen LogP contribution in [0.15, 0.2) is 42.5 Å². The van der Waals surface area contributed by atoms with E-state index in [2.05, 4.69) is 0 Å². The highest BCUT2D eigenvalue weighted by atomic mass is 19.1. The van der Waals surface area contributed by atoms with Gasteiger partial charge in [-0.3, -0.25) is 0 Å². The molecule has 0 saturated carbocycles. The van der Waals surface area contributed by atoms with Gasteiger partial charge in [-0.1, -0.05) is 18.2 Å². The van der Waals surface area contributed by atoms with Gasteiger partial charge < -0.3 is 4.90 Å². The van der Waals surface area contributed by atoms with Gasteiger partial charge in [0.1, 0.15) is 17.7 Å². The molecule has 0 aliphatic heterocycles. The van der Waals surface area contributed by atoms with Gasteiger partial charge in [0.25, 0.3) is 0 Å². The smallest absolute Gasteiger partial charge is 0.146 e. The van der Waals surface area contributed by atoms with E-state index in [1.54, 1.807) is 42.3 Å². The largest absolute Gasteiger partial charge is 0.368 e. The van der Waals surface area contributed by atoms with Crippen molar-refractivity contribution in [1.82, 2.24) is 0 Å². The summed E-state index contributed by atoms with van der Waals surface area (Å²) in [6.07, 6.45) is 0. The highest BCUT2D eigenvalue weighted by Crippen LogP contribution is 2.20. The van der Waals surface area contributed by atoms with E-state index in [1.165, 1.54) is 18.2 Å². The normalized spacial score (nSPS) is 10.0. The van der Waals surface area contributed by atoms with Gasteiger partial charge in [-0.05, 0) is 29.8 Å². The first kappa shape index (κ1) is 13.0. The fourth-order valence-corrected chi connectivity index (χ4v) is 1.88. The maximum Gasteiger partial charge on any atom is 0.146 e. The summed E-state index contributed by atoms with van der Waals surface area (Å²) in [6, 6.07) is 12.5. The Balaban J connectivity index is 2.22. The molecular weight excluding hydrogens is 246 g/mol. The first-order valence-corrected chi connectivity index (χ1v) is 5.76. The third-order valence-corrected chi connectivity index (χ3v) is 2.83. The second-order valence-electron chi connectivity index (χ2n) is 4.23. The summed E-state index contributed by atoms with van der Waals surface area (Å²) >= 11 is 0. The molecule has 0 radical (unpaired) electrons. The van der Waals surface area contributed by atoms with Gasteiger partial charge in [0.2, 0.25) is 0 Å². The van der Waals surface area contributed by atoms with Gasteiger partial charge in [-0.25, -0.2) is 8.78 Å². The van der Waals surface area contributed by atoms with Crippen molar-refractivity contribution < 1.29 is 8.78 Å². The van der Waals surface area contributed by atoms with Gasteiger partial charge in [0.05, 0.1) is 11.3 Å². The van der Waals surface area contributed by atoms with Crippen LogP contribution in [-0.2, 0) is 6.54 Å². The summed E-state index contributed by atoms with van der Waals surface area (Å²) in [4.78, 5) is 1.71. The number of benzene rings is 2. The average molecular weight is 258 g/mol. The van der Waals surface area contributed by atoms with E-state index in [-0.39, 0.29) is 11.4 Å². The summed E-state index contributed by atoms with van der Waals surface area (Å²) in [5, 5.41) is 8.77. The molecule has 96 valence electrons. The Labute approximate surface area is 110 Å². The number of hydrogen-bond donors (Lipinski definition) is 0. The van der Waals surface area contributed by atoms with Crippen LogP contribution in [0.2, 0.25) is 0 Å². The topological polar surface area (TPSA) is 27.0 Å². The predicted octanol–water partition coefficient (Wildman–Crippen LogP) is 3.47. The van der Waals surface area contributed by atoms with E-state index in [9.17, 15) is 8.78 Å². The van der Waals surface area contributed by atoms with E-state index in [4.69, 9.17) is 5.26 Å². The lowest BCUT2D eigenvalue weighted by molar-refractivity contribution is 0.619. The fraction of sp³-hybridized carbons (Fsp3) is 0.133. The van der Waals surface area contributed by atoms with Gasteiger partial charge in [0.15, 0.2) is 0 Å². The Morgan fingerprint density at radius 3 is 2.53 bits per heavy atom. The minimum atomic E-state index is -0.542. The number of rotatable bonds is 3. The van der Waals surface area contributed by atoms with Crippen molar-refractivity contribution in [3.05, 3.63) is 65.2 Å². The molecule has 0 heterocycles. The standard InChI is InChI=1S/C15H12F2N2/c1-19(15-5-3-2-4-14(15)17)10-11-6-7-13(16)12(8-11)9-18/h2-8H,10H2,1H3. The zero-order valence-corrected chi connectivity index (χ0v) is 10.4. The summed E-state index contributed by atoms with van der Waals surface area (Å²) in [5.41, 5.74) is 1.22. The van der Waals surface area contributed by atoms with Crippen LogP contribution in [0.25, 0.3) is 0 Å². The molecule has 0 aliphatic rings. The first-order valence-electron chi connectivity index (χ1n) is 5.76. The molecule has 2 aromatic carbocycles. The molecule has 4 heteroatoms.